The molecule has 1 amide bonds. The molecule has 0 radical (unpaired) electrons. The lowest BCUT2D eigenvalue weighted by molar-refractivity contribution is -0.123. The maximum absolute atomic E-state index is 11.5. The van der Waals surface area contributed by atoms with Crippen LogP contribution in [0.15, 0.2) is 18.2 Å². The Bertz CT molecular complexity index is 397. The summed E-state index contributed by atoms with van der Waals surface area (Å²) >= 11 is 5.83. The van der Waals surface area contributed by atoms with Crippen LogP contribution >= 0.6 is 11.6 Å². The van der Waals surface area contributed by atoms with Crippen LogP contribution in [0.2, 0.25) is 5.02 Å². The number of rotatable bonds is 7. The molecule has 1 rings (SSSR count). The summed E-state index contributed by atoms with van der Waals surface area (Å²) in [6, 6.07) is 5.30. The van der Waals surface area contributed by atoms with Gasteiger partial charge in [-0.1, -0.05) is 11.6 Å². The van der Waals surface area contributed by atoms with Crippen LogP contribution in [0.3, 0.4) is 0 Å². The molecule has 100 valence electrons. The van der Waals surface area contributed by atoms with E-state index in [2.05, 4.69) is 5.32 Å². The molecule has 0 aromatic heterocycles. The number of carbonyl (C=O) groups is 1. The third-order valence-corrected chi connectivity index (χ3v) is 2.68. The smallest absolute Gasteiger partial charge is 0.257 e. The molecule has 0 saturated heterocycles. The lowest BCUT2D eigenvalue weighted by Crippen LogP contribution is -2.30. The summed E-state index contributed by atoms with van der Waals surface area (Å²) in [6.07, 6.45) is 1.81. The maximum Gasteiger partial charge on any atom is 0.257 e. The van der Waals surface area contributed by atoms with Gasteiger partial charge in [-0.25, -0.2) is 0 Å². The Balaban J connectivity index is 2.29. The summed E-state index contributed by atoms with van der Waals surface area (Å²) in [7, 11) is 0. The molecular formula is C13H19ClN2O2. The summed E-state index contributed by atoms with van der Waals surface area (Å²) in [5.74, 6) is 0.554. The monoisotopic (exact) mass is 270 g/mol. The van der Waals surface area contributed by atoms with Crippen LogP contribution in [0.1, 0.15) is 18.4 Å². The summed E-state index contributed by atoms with van der Waals surface area (Å²) in [5.41, 5.74) is 6.28. The lowest BCUT2D eigenvalue weighted by atomic mass is 10.2. The molecule has 3 N–H and O–H groups in total. The van der Waals surface area contributed by atoms with Crippen LogP contribution in [-0.2, 0) is 4.79 Å². The van der Waals surface area contributed by atoms with Gasteiger partial charge in [0.1, 0.15) is 5.75 Å². The molecule has 0 saturated carbocycles. The largest absolute Gasteiger partial charge is 0.484 e. The highest BCUT2D eigenvalue weighted by molar-refractivity contribution is 6.30. The number of carbonyl (C=O) groups excluding carboxylic acids is 1. The topological polar surface area (TPSA) is 64.3 Å². The van der Waals surface area contributed by atoms with E-state index in [9.17, 15) is 4.79 Å². The fourth-order valence-electron chi connectivity index (χ4n) is 1.47. The van der Waals surface area contributed by atoms with Crippen molar-refractivity contribution in [2.24, 2.45) is 5.73 Å². The molecular weight excluding hydrogens is 252 g/mol. The first-order valence-corrected chi connectivity index (χ1v) is 6.37. The van der Waals surface area contributed by atoms with Crippen LogP contribution in [0, 0.1) is 6.92 Å². The Morgan fingerprint density at radius 3 is 2.89 bits per heavy atom. The first-order valence-electron chi connectivity index (χ1n) is 5.99. The molecule has 0 heterocycles. The SMILES string of the molecule is Cc1cc(Cl)ccc1OCC(=O)NCCCCN. The second kappa shape index (κ2) is 7.95. The molecule has 0 fully saturated rings. The highest BCUT2D eigenvalue weighted by Gasteiger charge is 2.04. The van der Waals surface area contributed by atoms with E-state index in [4.69, 9.17) is 22.1 Å². The van der Waals surface area contributed by atoms with E-state index in [1.165, 1.54) is 0 Å². The van der Waals surface area contributed by atoms with Gasteiger partial charge in [-0.3, -0.25) is 4.79 Å². The number of aryl methyl sites for hydroxylation is 1. The molecule has 0 aliphatic carbocycles. The van der Waals surface area contributed by atoms with Gasteiger partial charge in [0.05, 0.1) is 0 Å². The van der Waals surface area contributed by atoms with Crippen molar-refractivity contribution in [3.63, 3.8) is 0 Å². The van der Waals surface area contributed by atoms with Gasteiger partial charge in [0.15, 0.2) is 6.61 Å². The number of unbranched alkanes of at least 4 members (excludes halogenated alkanes) is 1. The highest BCUT2D eigenvalue weighted by Crippen LogP contribution is 2.21. The molecule has 4 nitrogen and oxygen atoms in total. The predicted molar refractivity (Wildman–Crippen MR) is 73.0 cm³/mol. The zero-order valence-corrected chi connectivity index (χ0v) is 11.3. The van der Waals surface area contributed by atoms with E-state index in [-0.39, 0.29) is 12.5 Å². The second-order valence-electron chi connectivity index (χ2n) is 4.04. The minimum absolute atomic E-state index is 0.0189. The van der Waals surface area contributed by atoms with Crippen LogP contribution in [0.5, 0.6) is 5.75 Å². The van der Waals surface area contributed by atoms with E-state index in [0.29, 0.717) is 23.9 Å². The van der Waals surface area contributed by atoms with Crippen LogP contribution in [0.25, 0.3) is 0 Å². The van der Waals surface area contributed by atoms with E-state index < -0.39 is 0 Å². The average molecular weight is 271 g/mol. The number of hydrogen-bond acceptors (Lipinski definition) is 3. The Hall–Kier alpha value is -1.26. The number of nitrogens with two attached hydrogens (primary N) is 1. The molecule has 0 aliphatic heterocycles. The zero-order chi connectivity index (χ0) is 13.4. The number of halogens is 1. The zero-order valence-electron chi connectivity index (χ0n) is 10.5. The molecule has 0 atom stereocenters. The molecule has 0 unspecified atom stereocenters. The van der Waals surface area contributed by atoms with Crippen molar-refractivity contribution in [1.82, 2.24) is 5.32 Å². The quantitative estimate of drug-likeness (QED) is 0.744. The van der Waals surface area contributed by atoms with Gasteiger partial charge in [-0.15, -0.1) is 0 Å². The van der Waals surface area contributed by atoms with Gasteiger partial charge in [0, 0.05) is 11.6 Å². The van der Waals surface area contributed by atoms with Crippen molar-refractivity contribution in [2.75, 3.05) is 19.7 Å². The molecule has 18 heavy (non-hydrogen) atoms. The van der Waals surface area contributed by atoms with Crippen molar-refractivity contribution in [3.8, 4) is 5.75 Å². The fourth-order valence-corrected chi connectivity index (χ4v) is 1.69. The number of hydrogen-bond donors (Lipinski definition) is 2. The highest BCUT2D eigenvalue weighted by atomic mass is 35.5. The first-order chi connectivity index (χ1) is 8.63. The third kappa shape index (κ3) is 5.38. The number of nitrogens with one attached hydrogen (secondary N) is 1. The average Bonchev–Trinajstić information content (AvgIpc) is 2.33. The third-order valence-electron chi connectivity index (χ3n) is 2.45. The Morgan fingerprint density at radius 2 is 2.22 bits per heavy atom. The molecule has 1 aromatic rings. The lowest BCUT2D eigenvalue weighted by Gasteiger charge is -2.09. The second-order valence-corrected chi connectivity index (χ2v) is 4.48. The summed E-state index contributed by atoms with van der Waals surface area (Å²) in [5, 5.41) is 3.43. The molecule has 5 heteroatoms. The van der Waals surface area contributed by atoms with Gasteiger partial charge in [0.2, 0.25) is 0 Å². The van der Waals surface area contributed by atoms with Gasteiger partial charge < -0.3 is 15.8 Å². The van der Waals surface area contributed by atoms with Gasteiger partial charge in [0.25, 0.3) is 5.91 Å². The summed E-state index contributed by atoms with van der Waals surface area (Å²) in [4.78, 5) is 11.5. The summed E-state index contributed by atoms with van der Waals surface area (Å²) in [6.45, 7) is 3.20. The molecule has 0 spiro atoms. The molecule has 0 aliphatic rings. The minimum atomic E-state index is -0.124. The van der Waals surface area contributed by atoms with Crippen LogP contribution in [0.4, 0.5) is 0 Å². The van der Waals surface area contributed by atoms with Crippen molar-refractivity contribution in [3.05, 3.63) is 28.8 Å². The van der Waals surface area contributed by atoms with Crippen LogP contribution in [-0.4, -0.2) is 25.6 Å². The minimum Gasteiger partial charge on any atom is -0.484 e. The molecule has 0 bridgehead atoms. The number of ether oxygens (including phenoxy) is 1. The van der Waals surface area contributed by atoms with Crippen molar-refractivity contribution in [1.29, 1.82) is 0 Å². The van der Waals surface area contributed by atoms with E-state index in [0.717, 1.165) is 18.4 Å². The van der Waals surface area contributed by atoms with Crippen molar-refractivity contribution in [2.45, 2.75) is 19.8 Å². The Morgan fingerprint density at radius 1 is 1.44 bits per heavy atom. The Labute approximate surface area is 112 Å². The summed E-state index contributed by atoms with van der Waals surface area (Å²) < 4.78 is 5.42. The van der Waals surface area contributed by atoms with E-state index >= 15 is 0 Å². The fraction of sp³-hybridized carbons (Fsp3) is 0.462. The Kier molecular flexibility index (Phi) is 6.54. The van der Waals surface area contributed by atoms with Gasteiger partial charge >= 0.3 is 0 Å². The van der Waals surface area contributed by atoms with Crippen molar-refractivity contribution < 1.29 is 9.53 Å². The predicted octanol–water partition coefficient (Wildman–Crippen LogP) is 1.88. The van der Waals surface area contributed by atoms with Crippen LogP contribution < -0.4 is 15.8 Å². The van der Waals surface area contributed by atoms with E-state index in [1.807, 2.05) is 6.92 Å². The maximum atomic E-state index is 11.5. The van der Waals surface area contributed by atoms with E-state index in [1.54, 1.807) is 18.2 Å². The standard InChI is InChI=1S/C13H19ClN2O2/c1-10-8-11(14)4-5-12(10)18-9-13(17)16-7-3-2-6-15/h4-5,8H,2-3,6-7,9,15H2,1H3,(H,16,17). The normalized spacial score (nSPS) is 10.2. The van der Waals surface area contributed by atoms with Gasteiger partial charge in [-0.05, 0) is 50.1 Å². The van der Waals surface area contributed by atoms with Gasteiger partial charge in [-0.2, -0.15) is 0 Å². The number of amides is 1. The number of benzene rings is 1. The van der Waals surface area contributed by atoms with Crippen molar-refractivity contribution >= 4 is 17.5 Å². The first kappa shape index (κ1) is 14.8. The molecule has 1 aromatic carbocycles.